The lowest BCUT2D eigenvalue weighted by molar-refractivity contribution is -0.150. The molecule has 0 heterocycles. The number of hydrogen-bond donors (Lipinski definition) is 1. The molecule has 0 aromatic heterocycles. The molecule has 0 fully saturated rings. The second kappa shape index (κ2) is 36.2. The Morgan fingerprint density at radius 1 is 0.477 bits per heavy atom. The minimum Gasteiger partial charge on any atom is -0.481 e. The van der Waals surface area contributed by atoms with E-state index in [0.29, 0.717) is 19.3 Å². The third-order valence-electron chi connectivity index (χ3n) is 8.99. The molecule has 0 saturated carbocycles. The molecular formula is C40H76O4. The molecule has 1 atom stereocenters. The van der Waals surface area contributed by atoms with Crippen molar-refractivity contribution < 1.29 is 19.4 Å². The van der Waals surface area contributed by atoms with Crippen molar-refractivity contribution in [3.63, 3.8) is 0 Å². The number of unbranched alkanes of at least 4 members (excludes halogenated alkanes) is 25. The van der Waals surface area contributed by atoms with Crippen LogP contribution in [0.2, 0.25) is 0 Å². The van der Waals surface area contributed by atoms with Gasteiger partial charge in [-0.25, -0.2) is 0 Å². The number of carbonyl (C=O) groups is 2. The molecule has 0 rings (SSSR count). The molecule has 4 heteroatoms. The van der Waals surface area contributed by atoms with Crippen LogP contribution in [0.4, 0.5) is 0 Å². The number of hydrogen-bond acceptors (Lipinski definition) is 3. The second-order valence-electron chi connectivity index (χ2n) is 13.5. The quantitative estimate of drug-likeness (QED) is 0.0430. The summed E-state index contributed by atoms with van der Waals surface area (Å²) >= 11 is 0. The van der Waals surface area contributed by atoms with Crippen molar-refractivity contribution in [3.05, 3.63) is 12.2 Å². The number of allylic oxidation sites excluding steroid dienone is 2. The average molecular weight is 621 g/mol. The summed E-state index contributed by atoms with van der Waals surface area (Å²) in [5.74, 6) is -0.856. The van der Waals surface area contributed by atoms with E-state index in [4.69, 9.17) is 9.84 Å². The Balaban J connectivity index is 3.74. The first-order valence-electron chi connectivity index (χ1n) is 19.7. The summed E-state index contributed by atoms with van der Waals surface area (Å²) in [4.78, 5) is 23.4. The van der Waals surface area contributed by atoms with Gasteiger partial charge in [0.15, 0.2) is 0 Å². The van der Waals surface area contributed by atoms with Gasteiger partial charge in [0.25, 0.3) is 0 Å². The third kappa shape index (κ3) is 35.2. The van der Waals surface area contributed by atoms with Gasteiger partial charge < -0.3 is 9.84 Å². The molecular weight excluding hydrogens is 544 g/mol. The van der Waals surface area contributed by atoms with Crippen LogP contribution in [-0.2, 0) is 14.3 Å². The lowest BCUT2D eigenvalue weighted by Gasteiger charge is -2.18. The van der Waals surface area contributed by atoms with Crippen LogP contribution in [0.25, 0.3) is 0 Å². The predicted octanol–water partition coefficient (Wildman–Crippen LogP) is 13.5. The Morgan fingerprint density at radius 2 is 0.841 bits per heavy atom. The maximum absolute atomic E-state index is 12.5. The van der Waals surface area contributed by atoms with Crippen LogP contribution in [0.3, 0.4) is 0 Å². The van der Waals surface area contributed by atoms with E-state index in [9.17, 15) is 9.59 Å². The van der Waals surface area contributed by atoms with Gasteiger partial charge in [0.05, 0.1) is 0 Å². The van der Waals surface area contributed by atoms with E-state index in [0.717, 1.165) is 25.7 Å². The van der Waals surface area contributed by atoms with Crippen LogP contribution < -0.4 is 0 Å². The molecule has 0 amide bonds. The van der Waals surface area contributed by atoms with Gasteiger partial charge in [0.2, 0.25) is 0 Å². The van der Waals surface area contributed by atoms with Crippen molar-refractivity contribution in [2.75, 3.05) is 0 Å². The molecule has 0 aromatic carbocycles. The van der Waals surface area contributed by atoms with Gasteiger partial charge in [-0.1, -0.05) is 167 Å². The highest BCUT2D eigenvalue weighted by atomic mass is 16.5. The van der Waals surface area contributed by atoms with Crippen LogP contribution in [0.15, 0.2) is 12.2 Å². The number of ether oxygens (including phenoxy) is 1. The Labute approximate surface area is 275 Å². The van der Waals surface area contributed by atoms with Crippen molar-refractivity contribution in [2.24, 2.45) is 0 Å². The topological polar surface area (TPSA) is 63.6 Å². The smallest absolute Gasteiger partial charge is 0.306 e. The first kappa shape index (κ1) is 42.7. The van der Waals surface area contributed by atoms with Gasteiger partial charge in [-0.2, -0.15) is 0 Å². The SMILES string of the molecule is CCCCCCCC/C=C\CCCCCCCCCCCC(=O)OC(CCCCCCCCCCCCC)CCCC(=O)O. The molecule has 44 heavy (non-hydrogen) atoms. The molecule has 0 spiro atoms. The lowest BCUT2D eigenvalue weighted by Crippen LogP contribution is -2.18. The number of carboxylic acids is 1. The summed E-state index contributed by atoms with van der Waals surface area (Å²) in [5.41, 5.74) is 0. The normalized spacial score (nSPS) is 12.2. The van der Waals surface area contributed by atoms with Gasteiger partial charge in [-0.05, 0) is 57.8 Å². The first-order valence-corrected chi connectivity index (χ1v) is 19.7. The predicted molar refractivity (Wildman–Crippen MR) is 190 cm³/mol. The zero-order valence-corrected chi connectivity index (χ0v) is 29.7. The number of rotatable bonds is 36. The molecule has 0 aliphatic carbocycles. The first-order chi connectivity index (χ1) is 21.6. The molecule has 1 unspecified atom stereocenters. The van der Waals surface area contributed by atoms with E-state index in [2.05, 4.69) is 26.0 Å². The fourth-order valence-corrected chi connectivity index (χ4v) is 6.07. The van der Waals surface area contributed by atoms with E-state index in [-0.39, 0.29) is 18.5 Å². The number of aliphatic carboxylic acids is 1. The fraction of sp³-hybridized carbons (Fsp3) is 0.900. The van der Waals surface area contributed by atoms with Gasteiger partial charge in [-0.3, -0.25) is 9.59 Å². The maximum Gasteiger partial charge on any atom is 0.306 e. The number of carbonyl (C=O) groups excluding carboxylic acids is 1. The number of carboxylic acid groups (broad SMARTS) is 1. The van der Waals surface area contributed by atoms with E-state index in [1.165, 1.54) is 161 Å². The van der Waals surface area contributed by atoms with Crippen LogP contribution in [-0.4, -0.2) is 23.1 Å². The van der Waals surface area contributed by atoms with E-state index >= 15 is 0 Å². The molecule has 1 N–H and O–H groups in total. The molecule has 0 aromatic rings. The summed E-state index contributed by atoms with van der Waals surface area (Å²) < 4.78 is 5.82. The highest BCUT2D eigenvalue weighted by Gasteiger charge is 2.15. The molecule has 0 aliphatic rings. The monoisotopic (exact) mass is 621 g/mol. The third-order valence-corrected chi connectivity index (χ3v) is 8.99. The van der Waals surface area contributed by atoms with Crippen molar-refractivity contribution in [1.82, 2.24) is 0 Å². The summed E-state index contributed by atoms with van der Waals surface area (Å²) in [6.07, 6.45) is 43.7. The zero-order valence-electron chi connectivity index (χ0n) is 29.7. The summed E-state index contributed by atoms with van der Waals surface area (Å²) in [7, 11) is 0. The molecule has 260 valence electrons. The fourth-order valence-electron chi connectivity index (χ4n) is 6.07. The minimum absolute atomic E-state index is 0.0885. The van der Waals surface area contributed by atoms with Gasteiger partial charge in [0, 0.05) is 12.8 Å². The van der Waals surface area contributed by atoms with Crippen molar-refractivity contribution >= 4 is 11.9 Å². The highest BCUT2D eigenvalue weighted by molar-refractivity contribution is 5.69. The second-order valence-corrected chi connectivity index (χ2v) is 13.5. The Bertz CT molecular complexity index is 629. The van der Waals surface area contributed by atoms with E-state index in [1.54, 1.807) is 0 Å². The van der Waals surface area contributed by atoms with Crippen LogP contribution in [0, 0.1) is 0 Å². The van der Waals surface area contributed by atoms with Crippen molar-refractivity contribution in [2.45, 2.75) is 232 Å². The van der Waals surface area contributed by atoms with Crippen LogP contribution >= 0.6 is 0 Å². The largest absolute Gasteiger partial charge is 0.481 e. The van der Waals surface area contributed by atoms with Crippen LogP contribution in [0.1, 0.15) is 226 Å². The standard InChI is InChI=1S/C40H76O4/c1-3-5-7-9-11-13-15-16-17-18-19-20-21-22-24-26-28-30-32-37-40(43)44-38(35-33-36-39(41)42)34-31-29-27-25-23-14-12-10-8-6-4-2/h16-17,38H,3-15,18-37H2,1-2H3,(H,41,42)/b17-16-. The molecule has 0 aliphatic heterocycles. The molecule has 0 saturated heterocycles. The van der Waals surface area contributed by atoms with E-state index in [1.807, 2.05) is 0 Å². The van der Waals surface area contributed by atoms with Crippen molar-refractivity contribution in [1.29, 1.82) is 0 Å². The van der Waals surface area contributed by atoms with Crippen molar-refractivity contribution in [3.8, 4) is 0 Å². The summed E-state index contributed by atoms with van der Waals surface area (Å²) in [6.45, 7) is 4.54. The Hall–Kier alpha value is -1.32. The maximum atomic E-state index is 12.5. The van der Waals surface area contributed by atoms with Gasteiger partial charge in [0.1, 0.15) is 6.10 Å². The molecule has 0 bridgehead atoms. The Kier molecular flexibility index (Phi) is 35.1. The number of esters is 1. The molecule has 0 radical (unpaired) electrons. The average Bonchev–Trinajstić information content (AvgIpc) is 3.00. The van der Waals surface area contributed by atoms with Crippen LogP contribution in [0.5, 0.6) is 0 Å². The molecule has 4 nitrogen and oxygen atoms in total. The zero-order chi connectivity index (χ0) is 32.2. The van der Waals surface area contributed by atoms with Gasteiger partial charge >= 0.3 is 11.9 Å². The van der Waals surface area contributed by atoms with E-state index < -0.39 is 5.97 Å². The minimum atomic E-state index is -0.768. The Morgan fingerprint density at radius 3 is 1.27 bits per heavy atom. The highest BCUT2D eigenvalue weighted by Crippen LogP contribution is 2.18. The summed E-state index contributed by atoms with van der Waals surface area (Å²) in [5, 5.41) is 9.00. The lowest BCUT2D eigenvalue weighted by atomic mass is 10.0. The van der Waals surface area contributed by atoms with Gasteiger partial charge in [-0.15, -0.1) is 0 Å². The summed E-state index contributed by atoms with van der Waals surface area (Å²) in [6, 6.07) is 0.